The number of ether oxygens (including phenoxy) is 1. The van der Waals surface area contributed by atoms with Crippen LogP contribution in [0, 0.1) is 0 Å². The first kappa shape index (κ1) is 24.3. The van der Waals surface area contributed by atoms with Gasteiger partial charge in [0, 0.05) is 38.7 Å². The topological polar surface area (TPSA) is 79.0 Å². The molecule has 1 N–H and O–H groups in total. The van der Waals surface area contributed by atoms with Crippen molar-refractivity contribution in [3.8, 4) is 5.75 Å². The van der Waals surface area contributed by atoms with E-state index >= 15 is 0 Å². The number of carbonyl (C=O) groups is 3. The summed E-state index contributed by atoms with van der Waals surface area (Å²) in [6.07, 6.45) is 1.51. The minimum Gasteiger partial charge on any atom is -0.497 e. The fourth-order valence-corrected chi connectivity index (χ4v) is 4.38. The smallest absolute Gasteiger partial charge is 0.254 e. The predicted molar refractivity (Wildman–Crippen MR) is 127 cm³/mol. The third kappa shape index (κ3) is 5.53. The number of likely N-dealkylation sites (tertiary alicyclic amines) is 1. The van der Waals surface area contributed by atoms with Crippen molar-refractivity contribution >= 4 is 17.7 Å². The van der Waals surface area contributed by atoms with E-state index in [9.17, 15) is 14.4 Å². The molecule has 0 atom stereocenters. The summed E-state index contributed by atoms with van der Waals surface area (Å²) in [4.78, 5) is 42.7. The van der Waals surface area contributed by atoms with Crippen LogP contribution in [0.5, 0.6) is 5.75 Å². The van der Waals surface area contributed by atoms with Crippen LogP contribution in [0.3, 0.4) is 0 Å². The molecule has 3 rings (SSSR count). The van der Waals surface area contributed by atoms with Gasteiger partial charge in [-0.15, -0.1) is 0 Å². The van der Waals surface area contributed by atoms with E-state index in [0.29, 0.717) is 56.8 Å². The van der Waals surface area contributed by atoms with Gasteiger partial charge in [0.05, 0.1) is 7.11 Å². The molecular formula is C26H33N3O4. The summed E-state index contributed by atoms with van der Waals surface area (Å²) in [5.74, 6) is 0.283. The molecule has 0 bridgehead atoms. The minimum atomic E-state index is -1.02. The molecule has 176 valence electrons. The predicted octanol–water partition coefficient (Wildman–Crippen LogP) is 3.24. The normalized spacial score (nSPS) is 14.9. The van der Waals surface area contributed by atoms with Crippen LogP contribution < -0.4 is 10.1 Å². The Morgan fingerprint density at radius 2 is 1.67 bits per heavy atom. The van der Waals surface area contributed by atoms with E-state index in [-0.39, 0.29) is 17.7 Å². The summed E-state index contributed by atoms with van der Waals surface area (Å²) < 4.78 is 5.21. The second-order valence-electron chi connectivity index (χ2n) is 8.39. The summed E-state index contributed by atoms with van der Waals surface area (Å²) in [7, 11) is 1.58. The molecule has 1 aliphatic heterocycles. The van der Waals surface area contributed by atoms with Gasteiger partial charge in [0.25, 0.3) is 5.91 Å². The zero-order chi connectivity index (χ0) is 23.8. The summed E-state index contributed by atoms with van der Waals surface area (Å²) in [5, 5.41) is 3.06. The Kier molecular flexibility index (Phi) is 8.09. The summed E-state index contributed by atoms with van der Waals surface area (Å²) in [5.41, 5.74) is 0.479. The van der Waals surface area contributed by atoms with Crippen LogP contribution in [0.1, 0.15) is 49.0 Å². The lowest BCUT2D eigenvalue weighted by Gasteiger charge is -2.47. The third-order valence-corrected chi connectivity index (χ3v) is 6.30. The molecule has 1 aliphatic rings. The highest BCUT2D eigenvalue weighted by Gasteiger charge is 2.48. The lowest BCUT2D eigenvalue weighted by atomic mass is 9.83. The number of amides is 3. The lowest BCUT2D eigenvalue weighted by Crippen LogP contribution is -2.65. The Balaban J connectivity index is 1.91. The number of piperidine rings is 1. The molecule has 2 aromatic carbocycles. The second-order valence-corrected chi connectivity index (χ2v) is 8.39. The van der Waals surface area contributed by atoms with Crippen molar-refractivity contribution in [2.45, 2.75) is 45.2 Å². The molecule has 0 saturated carbocycles. The van der Waals surface area contributed by atoms with E-state index in [2.05, 4.69) is 5.32 Å². The van der Waals surface area contributed by atoms with Crippen molar-refractivity contribution in [1.82, 2.24) is 15.1 Å². The molecular weight excluding hydrogens is 418 g/mol. The largest absolute Gasteiger partial charge is 0.497 e. The molecule has 2 aromatic rings. The molecule has 0 aromatic heterocycles. The number of carbonyl (C=O) groups excluding carboxylic acids is 3. The fourth-order valence-electron chi connectivity index (χ4n) is 4.38. The molecule has 7 heteroatoms. The van der Waals surface area contributed by atoms with Crippen LogP contribution in [-0.2, 0) is 16.1 Å². The number of nitrogens with zero attached hydrogens (tertiary/aromatic N) is 2. The van der Waals surface area contributed by atoms with Crippen LogP contribution in [0.4, 0.5) is 0 Å². The van der Waals surface area contributed by atoms with Crippen LogP contribution in [0.15, 0.2) is 54.6 Å². The Labute approximate surface area is 195 Å². The molecule has 3 amide bonds. The second kappa shape index (κ2) is 11.0. The molecule has 1 saturated heterocycles. The monoisotopic (exact) mass is 451 g/mol. The van der Waals surface area contributed by atoms with Crippen molar-refractivity contribution in [2.24, 2.45) is 0 Å². The summed E-state index contributed by atoms with van der Waals surface area (Å²) in [6, 6.07) is 16.7. The van der Waals surface area contributed by atoms with E-state index in [1.165, 1.54) is 6.92 Å². The Hall–Kier alpha value is -3.35. The van der Waals surface area contributed by atoms with Crippen molar-refractivity contribution < 1.29 is 19.1 Å². The van der Waals surface area contributed by atoms with Crippen LogP contribution in [0.2, 0.25) is 0 Å². The molecule has 0 aliphatic carbocycles. The Morgan fingerprint density at radius 3 is 2.21 bits per heavy atom. The minimum absolute atomic E-state index is 0.0168. The first-order chi connectivity index (χ1) is 15.9. The van der Waals surface area contributed by atoms with Gasteiger partial charge in [-0.2, -0.15) is 0 Å². The fraction of sp³-hybridized carbons (Fsp3) is 0.423. The van der Waals surface area contributed by atoms with Crippen molar-refractivity contribution in [2.75, 3.05) is 26.7 Å². The number of nitrogens with one attached hydrogen (secondary N) is 1. The van der Waals surface area contributed by atoms with Gasteiger partial charge in [0.2, 0.25) is 11.8 Å². The van der Waals surface area contributed by atoms with Crippen molar-refractivity contribution in [3.05, 3.63) is 65.7 Å². The molecule has 1 fully saturated rings. The maximum Gasteiger partial charge on any atom is 0.254 e. The third-order valence-electron chi connectivity index (χ3n) is 6.30. The maximum atomic E-state index is 13.7. The van der Waals surface area contributed by atoms with Gasteiger partial charge in [-0.1, -0.05) is 37.3 Å². The zero-order valence-electron chi connectivity index (χ0n) is 19.7. The molecule has 33 heavy (non-hydrogen) atoms. The Bertz CT molecular complexity index is 951. The first-order valence-corrected chi connectivity index (χ1v) is 11.4. The first-order valence-electron chi connectivity index (χ1n) is 11.4. The van der Waals surface area contributed by atoms with E-state index in [4.69, 9.17) is 4.74 Å². The van der Waals surface area contributed by atoms with Crippen LogP contribution in [-0.4, -0.2) is 59.8 Å². The van der Waals surface area contributed by atoms with E-state index in [1.54, 1.807) is 41.2 Å². The highest BCUT2D eigenvalue weighted by molar-refractivity contribution is 5.99. The number of hydrogen-bond acceptors (Lipinski definition) is 4. The summed E-state index contributed by atoms with van der Waals surface area (Å²) in [6.45, 7) is 5.23. The maximum absolute atomic E-state index is 13.7. The van der Waals surface area contributed by atoms with Crippen LogP contribution in [0.25, 0.3) is 0 Å². The number of rotatable bonds is 8. The number of hydrogen-bond donors (Lipinski definition) is 1. The molecule has 0 spiro atoms. The molecule has 1 heterocycles. The quantitative estimate of drug-likeness (QED) is 0.668. The highest BCUT2D eigenvalue weighted by atomic mass is 16.5. The van der Waals surface area contributed by atoms with Crippen molar-refractivity contribution in [1.29, 1.82) is 0 Å². The van der Waals surface area contributed by atoms with Gasteiger partial charge in [-0.25, -0.2) is 0 Å². The SMILES string of the molecule is CCCN(C(=O)c1ccc(OC)cc1)C1(C(=O)NCc2ccccc2)CCN(C(C)=O)CC1. The van der Waals surface area contributed by atoms with E-state index in [1.807, 2.05) is 37.3 Å². The van der Waals surface area contributed by atoms with E-state index in [0.717, 1.165) is 5.56 Å². The number of methoxy groups -OCH3 is 1. The number of benzene rings is 2. The average Bonchev–Trinajstić information content (AvgIpc) is 2.86. The van der Waals surface area contributed by atoms with Gasteiger partial charge in [-0.3, -0.25) is 14.4 Å². The van der Waals surface area contributed by atoms with E-state index < -0.39 is 5.54 Å². The molecule has 7 nitrogen and oxygen atoms in total. The van der Waals surface area contributed by atoms with Crippen molar-refractivity contribution in [3.63, 3.8) is 0 Å². The van der Waals surface area contributed by atoms with Gasteiger partial charge in [-0.05, 0) is 49.1 Å². The zero-order valence-corrected chi connectivity index (χ0v) is 19.7. The van der Waals surface area contributed by atoms with Gasteiger partial charge >= 0.3 is 0 Å². The molecule has 0 unspecified atom stereocenters. The lowest BCUT2D eigenvalue weighted by molar-refractivity contribution is -0.140. The van der Waals surface area contributed by atoms with Gasteiger partial charge in [0.1, 0.15) is 11.3 Å². The standard InChI is InChI=1S/C26H33N3O4/c1-4-16-29(24(31)22-10-12-23(33-3)13-11-22)26(14-17-28(18-15-26)20(2)30)25(32)27-19-21-8-6-5-7-9-21/h5-13H,4,14-19H2,1-3H3,(H,27,32). The van der Waals surface area contributed by atoms with Crippen LogP contribution >= 0.6 is 0 Å². The Morgan fingerprint density at radius 1 is 1.03 bits per heavy atom. The molecule has 0 radical (unpaired) electrons. The average molecular weight is 452 g/mol. The van der Waals surface area contributed by atoms with Gasteiger partial charge in [0.15, 0.2) is 0 Å². The van der Waals surface area contributed by atoms with Gasteiger partial charge < -0.3 is 19.9 Å². The highest BCUT2D eigenvalue weighted by Crippen LogP contribution is 2.32. The summed E-state index contributed by atoms with van der Waals surface area (Å²) >= 11 is 0.